The molecule has 2 heterocycles. The third-order valence-corrected chi connectivity index (χ3v) is 6.69. The third kappa shape index (κ3) is 5.25. The summed E-state index contributed by atoms with van der Waals surface area (Å²) in [5.41, 5.74) is 6.85. The molecule has 1 unspecified atom stereocenters. The van der Waals surface area contributed by atoms with Gasteiger partial charge in [0, 0.05) is 30.9 Å². The smallest absolute Gasteiger partial charge is 0.200 e. The van der Waals surface area contributed by atoms with Crippen LogP contribution in [0.4, 0.5) is 5.69 Å². The molecule has 2 fully saturated rings. The molecular weight excluding hydrogens is 384 g/mol. The van der Waals surface area contributed by atoms with E-state index in [1.807, 2.05) is 0 Å². The molecule has 1 atom stereocenters. The summed E-state index contributed by atoms with van der Waals surface area (Å²) in [6.45, 7) is 7.31. The summed E-state index contributed by atoms with van der Waals surface area (Å²) in [6.07, 6.45) is 17.4. The van der Waals surface area contributed by atoms with Gasteiger partial charge in [-0.2, -0.15) is 0 Å². The summed E-state index contributed by atoms with van der Waals surface area (Å²) in [7, 11) is 0. The lowest BCUT2D eigenvalue weighted by Crippen LogP contribution is -2.36. The van der Waals surface area contributed by atoms with E-state index in [0.717, 1.165) is 59.0 Å². The van der Waals surface area contributed by atoms with Gasteiger partial charge >= 0.3 is 0 Å². The molecule has 0 amide bonds. The topological polar surface area (TPSA) is 24.7 Å². The van der Waals surface area contributed by atoms with Gasteiger partial charge in [0.1, 0.15) is 13.2 Å². The van der Waals surface area contributed by atoms with Crippen molar-refractivity contribution in [3.63, 3.8) is 0 Å². The molecule has 0 bridgehead atoms. The van der Waals surface area contributed by atoms with Crippen molar-refractivity contribution < 1.29 is 14.0 Å². The maximum Gasteiger partial charge on any atom is 0.200 e. The normalized spacial score (nSPS) is 24.0. The van der Waals surface area contributed by atoms with E-state index in [1.54, 1.807) is 0 Å². The zero-order valence-corrected chi connectivity index (χ0v) is 18.3. The van der Waals surface area contributed by atoms with Crippen LogP contribution in [0.2, 0.25) is 0 Å². The lowest BCUT2D eigenvalue weighted by molar-refractivity contribution is -0.547. The maximum atomic E-state index is 5.46. The van der Waals surface area contributed by atoms with Crippen molar-refractivity contribution in [2.75, 3.05) is 57.5 Å². The highest BCUT2D eigenvalue weighted by Crippen LogP contribution is 2.30. The molecule has 0 N–H and O–H groups in total. The van der Waals surface area contributed by atoms with Crippen molar-refractivity contribution >= 4 is 11.4 Å². The van der Waals surface area contributed by atoms with E-state index in [0.29, 0.717) is 5.92 Å². The minimum Gasteiger partial charge on any atom is -0.378 e. The summed E-state index contributed by atoms with van der Waals surface area (Å²) < 4.78 is 13.3. The van der Waals surface area contributed by atoms with E-state index in [-0.39, 0.29) is 0 Å². The lowest BCUT2D eigenvalue weighted by Gasteiger charge is -2.29. The number of rotatable bonds is 4. The van der Waals surface area contributed by atoms with Crippen molar-refractivity contribution in [2.45, 2.75) is 19.3 Å². The second kappa shape index (κ2) is 9.80. The summed E-state index contributed by atoms with van der Waals surface area (Å²) in [5, 5.41) is 0. The fraction of sp³-hybridized carbons (Fsp3) is 0.444. The van der Waals surface area contributed by atoms with Gasteiger partial charge in [-0.3, -0.25) is 0 Å². The first kappa shape index (κ1) is 20.5. The van der Waals surface area contributed by atoms with E-state index < -0.39 is 0 Å². The fourth-order valence-electron chi connectivity index (χ4n) is 4.89. The van der Waals surface area contributed by atoms with Gasteiger partial charge in [0.25, 0.3) is 0 Å². The second-order valence-corrected chi connectivity index (χ2v) is 8.85. The Morgan fingerprint density at radius 3 is 2.35 bits per heavy atom. The molecule has 0 radical (unpaired) electrons. The highest BCUT2D eigenvalue weighted by molar-refractivity contribution is 6.02. The van der Waals surface area contributed by atoms with Crippen LogP contribution in [0, 0.1) is 5.92 Å². The zero-order chi connectivity index (χ0) is 20.9. The summed E-state index contributed by atoms with van der Waals surface area (Å²) >= 11 is 0. The van der Waals surface area contributed by atoms with E-state index in [1.165, 1.54) is 41.0 Å². The van der Waals surface area contributed by atoms with Gasteiger partial charge in [0.15, 0.2) is 18.8 Å². The molecule has 2 aliphatic heterocycles. The molecule has 5 rings (SSSR count). The SMILES string of the molecule is C1=CC(=[N+]2CCOCC2)C=CC1=CC1=CC(Cc2ccc(N3CCOCC3)cc2)CC1. The number of ether oxygens (including phenoxy) is 2. The average molecular weight is 418 g/mol. The van der Waals surface area contributed by atoms with Crippen molar-refractivity contribution in [2.24, 2.45) is 5.92 Å². The van der Waals surface area contributed by atoms with Crippen molar-refractivity contribution in [3.05, 3.63) is 77.4 Å². The van der Waals surface area contributed by atoms with Crippen LogP contribution in [-0.4, -0.2) is 62.9 Å². The molecular formula is C27H33N2O2+. The average Bonchev–Trinajstić information content (AvgIpc) is 3.28. The number of hydrogen-bond donors (Lipinski definition) is 0. The molecule has 0 aromatic heterocycles. The maximum absolute atomic E-state index is 5.46. The molecule has 4 aliphatic rings. The second-order valence-electron chi connectivity index (χ2n) is 8.85. The van der Waals surface area contributed by atoms with E-state index in [9.17, 15) is 0 Å². The van der Waals surface area contributed by atoms with Crippen LogP contribution in [-0.2, 0) is 15.9 Å². The highest BCUT2D eigenvalue weighted by Gasteiger charge is 2.18. The van der Waals surface area contributed by atoms with E-state index in [2.05, 4.69) is 70.2 Å². The van der Waals surface area contributed by atoms with Crippen molar-refractivity contribution in [3.8, 4) is 0 Å². The number of anilines is 1. The number of nitrogens with zero attached hydrogens (tertiary/aromatic N) is 2. The largest absolute Gasteiger partial charge is 0.378 e. The highest BCUT2D eigenvalue weighted by atomic mass is 16.5. The number of allylic oxidation sites excluding steroid dienone is 8. The van der Waals surface area contributed by atoms with Gasteiger partial charge in [-0.25, -0.2) is 4.58 Å². The number of morpholine rings is 2. The van der Waals surface area contributed by atoms with Crippen molar-refractivity contribution in [1.29, 1.82) is 0 Å². The Morgan fingerprint density at radius 1 is 0.903 bits per heavy atom. The molecule has 2 saturated heterocycles. The van der Waals surface area contributed by atoms with Crippen molar-refractivity contribution in [1.82, 2.24) is 0 Å². The molecule has 31 heavy (non-hydrogen) atoms. The minimum atomic E-state index is 0.646. The summed E-state index contributed by atoms with van der Waals surface area (Å²) in [6, 6.07) is 9.18. The molecule has 162 valence electrons. The molecule has 4 heteroatoms. The Bertz CT molecular complexity index is 904. The minimum absolute atomic E-state index is 0.646. The molecule has 0 spiro atoms. The monoisotopic (exact) mass is 417 g/mol. The number of hydrogen-bond acceptors (Lipinski definition) is 3. The van der Waals surface area contributed by atoms with Gasteiger partial charge in [-0.1, -0.05) is 29.9 Å². The van der Waals surface area contributed by atoms with Gasteiger partial charge < -0.3 is 14.4 Å². The quantitative estimate of drug-likeness (QED) is 0.694. The van der Waals surface area contributed by atoms with Crippen LogP contribution in [0.15, 0.2) is 71.9 Å². The Labute approximate surface area is 185 Å². The first-order valence-electron chi connectivity index (χ1n) is 11.7. The van der Waals surface area contributed by atoms with Gasteiger partial charge in [-0.05, 0) is 60.6 Å². The summed E-state index contributed by atoms with van der Waals surface area (Å²) in [4.78, 5) is 2.42. The van der Waals surface area contributed by atoms with Crippen LogP contribution in [0.1, 0.15) is 18.4 Å². The van der Waals surface area contributed by atoms with Crippen LogP contribution in [0.3, 0.4) is 0 Å². The Morgan fingerprint density at radius 2 is 1.61 bits per heavy atom. The van der Waals surface area contributed by atoms with E-state index in [4.69, 9.17) is 9.47 Å². The Kier molecular flexibility index (Phi) is 6.47. The molecule has 1 aromatic rings. The van der Waals surface area contributed by atoms with Gasteiger partial charge in [-0.15, -0.1) is 0 Å². The number of benzene rings is 1. The first-order valence-corrected chi connectivity index (χ1v) is 11.7. The van der Waals surface area contributed by atoms with Crippen LogP contribution >= 0.6 is 0 Å². The van der Waals surface area contributed by atoms with E-state index >= 15 is 0 Å². The van der Waals surface area contributed by atoms with Crippen LogP contribution < -0.4 is 4.90 Å². The predicted octanol–water partition coefficient (Wildman–Crippen LogP) is 3.94. The molecule has 0 saturated carbocycles. The Hall–Kier alpha value is -2.43. The fourth-order valence-corrected chi connectivity index (χ4v) is 4.89. The summed E-state index contributed by atoms with van der Waals surface area (Å²) in [5.74, 6) is 0.646. The zero-order valence-electron chi connectivity index (χ0n) is 18.3. The van der Waals surface area contributed by atoms with Crippen LogP contribution in [0.25, 0.3) is 0 Å². The first-order chi connectivity index (χ1) is 15.3. The van der Waals surface area contributed by atoms with Gasteiger partial charge in [0.2, 0.25) is 0 Å². The molecule has 1 aromatic carbocycles. The molecule has 4 nitrogen and oxygen atoms in total. The lowest BCUT2D eigenvalue weighted by atomic mass is 9.99. The molecule has 2 aliphatic carbocycles. The Balaban J connectivity index is 1.18. The van der Waals surface area contributed by atoms with Crippen LogP contribution in [0.5, 0.6) is 0 Å². The van der Waals surface area contributed by atoms with Gasteiger partial charge in [0.05, 0.1) is 13.2 Å². The standard InChI is InChI=1S/C27H33N2O2/c1-2-25(20-23-5-9-27(10-6-23)29-13-17-31-18-14-29)21-24(1)19-22-3-7-26(8-4-22)28-11-15-30-16-12-28/h3-10,19,21,25H,1-2,11-18,20H2/q+1. The third-order valence-electron chi connectivity index (χ3n) is 6.69. The predicted molar refractivity (Wildman–Crippen MR) is 126 cm³/mol.